The number of nitrogens with zero attached hydrogens (tertiary/aromatic N) is 2. The summed E-state index contributed by atoms with van der Waals surface area (Å²) >= 11 is 14.2. The van der Waals surface area contributed by atoms with Crippen LogP contribution in [0, 0.1) is 34.3 Å². The van der Waals surface area contributed by atoms with E-state index in [1.807, 2.05) is 0 Å². The molecule has 0 aliphatic carbocycles. The summed E-state index contributed by atoms with van der Waals surface area (Å²) in [5, 5.41) is 18.8. The molecule has 2 aromatic carbocycles. The fourth-order valence-corrected chi connectivity index (χ4v) is 4.83. The maximum Gasteiger partial charge on any atom is 0.149 e. The summed E-state index contributed by atoms with van der Waals surface area (Å²) in [6.07, 6.45) is 0. The number of rotatable bonds is 6. The lowest BCUT2D eigenvalue weighted by molar-refractivity contribution is 0.617. The maximum absolute atomic E-state index is 13.9. The van der Waals surface area contributed by atoms with E-state index in [-0.39, 0.29) is 38.3 Å². The van der Waals surface area contributed by atoms with Gasteiger partial charge < -0.3 is 0 Å². The van der Waals surface area contributed by atoms with E-state index in [0.29, 0.717) is 4.24 Å². The summed E-state index contributed by atoms with van der Waals surface area (Å²) < 4.78 is 28.2. The number of thioether (sulfide) groups is 2. The summed E-state index contributed by atoms with van der Waals surface area (Å²) in [5.41, 5.74) is 0.424. The third kappa shape index (κ3) is 5.16. The number of allylic oxidation sites excluding steroid dienone is 1. The van der Waals surface area contributed by atoms with Crippen LogP contribution < -0.4 is 0 Å². The van der Waals surface area contributed by atoms with Crippen molar-refractivity contribution in [1.29, 1.82) is 10.5 Å². The van der Waals surface area contributed by atoms with Gasteiger partial charge >= 0.3 is 0 Å². The molecule has 2 aromatic rings. The molecule has 0 fully saturated rings. The van der Waals surface area contributed by atoms with Crippen LogP contribution in [0.2, 0.25) is 10.0 Å². The molecule has 0 atom stereocenters. The van der Waals surface area contributed by atoms with Gasteiger partial charge in [-0.05, 0) is 24.3 Å². The molecule has 0 amide bonds. The molecule has 26 heavy (non-hydrogen) atoms. The Hall–Kier alpha value is -1.70. The van der Waals surface area contributed by atoms with Crippen molar-refractivity contribution >= 4 is 46.7 Å². The van der Waals surface area contributed by atoms with Crippen molar-refractivity contribution in [2.45, 2.75) is 11.5 Å². The first-order chi connectivity index (χ1) is 12.5. The molecular formula is C18H10Cl2F2N2S2. The Morgan fingerprint density at radius 3 is 1.62 bits per heavy atom. The van der Waals surface area contributed by atoms with Gasteiger partial charge in [0.05, 0.1) is 4.24 Å². The predicted molar refractivity (Wildman–Crippen MR) is 104 cm³/mol. The van der Waals surface area contributed by atoms with Crippen LogP contribution in [-0.4, -0.2) is 0 Å². The van der Waals surface area contributed by atoms with Crippen LogP contribution in [-0.2, 0) is 11.5 Å². The van der Waals surface area contributed by atoms with Crippen molar-refractivity contribution in [3.05, 3.63) is 79.0 Å². The minimum Gasteiger partial charge on any atom is -0.207 e. The normalized spacial score (nSPS) is 10.1. The Labute approximate surface area is 168 Å². The fourth-order valence-electron chi connectivity index (χ4n) is 1.92. The molecule has 0 aliphatic heterocycles. The molecule has 8 heteroatoms. The fraction of sp³-hybridized carbons (Fsp3) is 0.111. The molecule has 132 valence electrons. The number of halogens is 4. The van der Waals surface area contributed by atoms with Crippen LogP contribution >= 0.6 is 46.7 Å². The highest BCUT2D eigenvalue weighted by Crippen LogP contribution is 2.39. The van der Waals surface area contributed by atoms with Crippen LogP contribution in [0.15, 0.2) is 46.2 Å². The molecule has 2 rings (SSSR count). The van der Waals surface area contributed by atoms with Crippen LogP contribution in [0.25, 0.3) is 0 Å². The number of hydrogen-bond donors (Lipinski definition) is 0. The minimum atomic E-state index is -0.470. The van der Waals surface area contributed by atoms with Crippen LogP contribution in [0.4, 0.5) is 8.78 Å². The maximum atomic E-state index is 13.9. The van der Waals surface area contributed by atoms with E-state index in [0.717, 1.165) is 23.5 Å². The van der Waals surface area contributed by atoms with E-state index >= 15 is 0 Å². The van der Waals surface area contributed by atoms with Crippen LogP contribution in [0.5, 0.6) is 0 Å². The Balaban J connectivity index is 2.22. The third-order valence-electron chi connectivity index (χ3n) is 3.25. The van der Waals surface area contributed by atoms with E-state index in [2.05, 4.69) is 0 Å². The van der Waals surface area contributed by atoms with Crippen LogP contribution in [0.1, 0.15) is 11.1 Å². The van der Waals surface area contributed by atoms with Gasteiger partial charge in [-0.25, -0.2) is 8.78 Å². The van der Waals surface area contributed by atoms with Gasteiger partial charge in [0.1, 0.15) is 29.3 Å². The lowest BCUT2D eigenvalue weighted by Gasteiger charge is -2.10. The van der Waals surface area contributed by atoms with Gasteiger partial charge in [0.15, 0.2) is 0 Å². The van der Waals surface area contributed by atoms with Crippen molar-refractivity contribution in [2.75, 3.05) is 0 Å². The Morgan fingerprint density at radius 2 is 1.27 bits per heavy atom. The van der Waals surface area contributed by atoms with Gasteiger partial charge in [-0.1, -0.05) is 35.3 Å². The Bertz CT molecular complexity index is 820. The number of benzene rings is 2. The molecule has 0 aromatic heterocycles. The van der Waals surface area contributed by atoms with Crippen molar-refractivity contribution in [2.24, 2.45) is 0 Å². The molecule has 0 heterocycles. The zero-order chi connectivity index (χ0) is 19.1. The molecular weight excluding hydrogens is 417 g/mol. The molecule has 0 aliphatic rings. The highest BCUT2D eigenvalue weighted by molar-refractivity contribution is 8.21. The second-order valence-corrected chi connectivity index (χ2v) is 7.91. The summed E-state index contributed by atoms with van der Waals surface area (Å²) in [6, 6.07) is 12.3. The minimum absolute atomic E-state index is 0.125. The van der Waals surface area contributed by atoms with E-state index in [1.54, 1.807) is 24.3 Å². The molecule has 0 radical (unpaired) electrons. The standard InChI is InChI=1S/C18H10Cl2F2N2S2/c19-14-3-1-5-16(21)12(14)9-25-18(11(7-23)8-24)26-10-13-15(20)4-2-6-17(13)22/h1-6H,9-10H2. The number of hydrogen-bond acceptors (Lipinski definition) is 4. The van der Waals surface area contributed by atoms with E-state index in [4.69, 9.17) is 33.7 Å². The lowest BCUT2D eigenvalue weighted by atomic mass is 10.2. The molecule has 0 spiro atoms. The Morgan fingerprint density at radius 1 is 0.846 bits per heavy atom. The summed E-state index contributed by atoms with van der Waals surface area (Å²) in [4.78, 5) is 0. The van der Waals surface area contributed by atoms with Crippen molar-refractivity contribution < 1.29 is 8.78 Å². The van der Waals surface area contributed by atoms with Gasteiger partial charge in [-0.15, -0.1) is 23.5 Å². The van der Waals surface area contributed by atoms with Gasteiger partial charge in [0.25, 0.3) is 0 Å². The molecule has 0 unspecified atom stereocenters. The first-order valence-electron chi connectivity index (χ1n) is 7.13. The second kappa shape index (κ2) is 9.85. The van der Waals surface area contributed by atoms with Crippen molar-refractivity contribution in [3.8, 4) is 12.1 Å². The Kier molecular flexibility index (Phi) is 7.81. The van der Waals surface area contributed by atoms with Gasteiger partial charge in [-0.2, -0.15) is 10.5 Å². The van der Waals surface area contributed by atoms with Crippen molar-refractivity contribution in [1.82, 2.24) is 0 Å². The number of nitriles is 2. The average molecular weight is 427 g/mol. The van der Waals surface area contributed by atoms with Gasteiger partial charge in [-0.3, -0.25) is 0 Å². The van der Waals surface area contributed by atoms with Crippen molar-refractivity contribution in [3.63, 3.8) is 0 Å². The molecule has 0 N–H and O–H groups in total. The second-order valence-electron chi connectivity index (χ2n) is 4.86. The van der Waals surface area contributed by atoms with E-state index < -0.39 is 11.6 Å². The highest BCUT2D eigenvalue weighted by Gasteiger charge is 2.15. The van der Waals surface area contributed by atoms with Gasteiger partial charge in [0.2, 0.25) is 0 Å². The smallest absolute Gasteiger partial charge is 0.149 e. The zero-order valence-corrected chi connectivity index (χ0v) is 16.2. The SMILES string of the molecule is N#CC(C#N)=C(SCc1c(F)cccc1Cl)SCc1c(F)cccc1Cl. The highest BCUT2D eigenvalue weighted by atomic mass is 35.5. The quantitative estimate of drug-likeness (QED) is 0.482. The summed E-state index contributed by atoms with van der Waals surface area (Å²) in [7, 11) is 0. The average Bonchev–Trinajstić information content (AvgIpc) is 2.61. The summed E-state index contributed by atoms with van der Waals surface area (Å²) in [6.45, 7) is 0. The molecule has 2 nitrogen and oxygen atoms in total. The predicted octanol–water partition coefficient (Wildman–Crippen LogP) is 6.70. The van der Waals surface area contributed by atoms with E-state index in [9.17, 15) is 8.78 Å². The lowest BCUT2D eigenvalue weighted by Crippen LogP contribution is -1.92. The molecule has 0 saturated carbocycles. The zero-order valence-electron chi connectivity index (χ0n) is 13.1. The molecule has 0 bridgehead atoms. The first kappa shape index (κ1) is 20.6. The van der Waals surface area contributed by atoms with Crippen LogP contribution in [0.3, 0.4) is 0 Å². The largest absolute Gasteiger partial charge is 0.207 e. The molecule has 0 saturated heterocycles. The topological polar surface area (TPSA) is 47.6 Å². The first-order valence-corrected chi connectivity index (χ1v) is 9.86. The third-order valence-corrected chi connectivity index (χ3v) is 6.46. The van der Waals surface area contributed by atoms with E-state index in [1.165, 1.54) is 24.3 Å². The monoisotopic (exact) mass is 426 g/mol. The summed E-state index contributed by atoms with van der Waals surface area (Å²) in [5.74, 6) is -0.679. The van der Waals surface area contributed by atoms with Gasteiger partial charge in [0, 0.05) is 32.7 Å².